The van der Waals surface area contributed by atoms with Gasteiger partial charge in [0.1, 0.15) is 5.56 Å². The highest BCUT2D eigenvalue weighted by atomic mass is 14.2. The maximum absolute atomic E-state index is 2.36. The highest BCUT2D eigenvalue weighted by Crippen LogP contribution is 2.34. The quantitative estimate of drug-likeness (QED) is 0.566. The van der Waals surface area contributed by atoms with E-state index in [-0.39, 0.29) is 0 Å². The molecule has 2 rings (SSSR count). The van der Waals surface area contributed by atoms with Gasteiger partial charge in [-0.05, 0) is 37.0 Å². The van der Waals surface area contributed by atoms with Crippen LogP contribution in [0.4, 0.5) is 0 Å². The lowest BCUT2D eigenvalue weighted by atomic mass is 9.79. The third kappa shape index (κ3) is 2.06. The van der Waals surface area contributed by atoms with Gasteiger partial charge in [-0.15, -0.1) is 0 Å². The molecule has 0 saturated heterocycles. The van der Waals surface area contributed by atoms with E-state index >= 15 is 0 Å². The molecule has 0 N–H and O–H groups in total. The largest absolute Gasteiger partial charge is 0.132 e. The average molecular weight is 173 g/mol. The second-order valence-electron chi connectivity index (χ2n) is 4.15. The van der Waals surface area contributed by atoms with E-state index in [2.05, 4.69) is 37.3 Å². The maximum Gasteiger partial charge on any atom is 0.132 e. The molecule has 13 heavy (non-hydrogen) atoms. The molecule has 0 nitrogen and oxygen atoms in total. The summed E-state index contributed by atoms with van der Waals surface area (Å²) in [6.45, 7) is 2.36. The van der Waals surface area contributed by atoms with Crippen molar-refractivity contribution in [1.82, 2.24) is 0 Å². The Hall–Kier alpha value is -0.910. The van der Waals surface area contributed by atoms with Crippen molar-refractivity contribution in [2.75, 3.05) is 0 Å². The topological polar surface area (TPSA) is 0 Å². The third-order valence-corrected chi connectivity index (χ3v) is 3.06. The molecule has 1 aliphatic carbocycles. The van der Waals surface area contributed by atoms with Crippen LogP contribution in [0.15, 0.2) is 30.3 Å². The molecule has 1 saturated carbocycles. The van der Waals surface area contributed by atoms with Crippen LogP contribution in [0.3, 0.4) is 0 Å². The first-order valence-corrected chi connectivity index (χ1v) is 5.26. The number of hydrogen-bond donors (Lipinski definition) is 0. The van der Waals surface area contributed by atoms with Gasteiger partial charge in [-0.25, -0.2) is 0 Å². The molecule has 1 aliphatic rings. The summed E-state index contributed by atoms with van der Waals surface area (Å²) in [6, 6.07) is 10.9. The van der Waals surface area contributed by atoms with Gasteiger partial charge in [0, 0.05) is 30.9 Å². The van der Waals surface area contributed by atoms with Crippen molar-refractivity contribution in [2.24, 2.45) is 5.92 Å². The predicted molar refractivity (Wildman–Crippen MR) is 56.4 cm³/mol. The Kier molecular flexibility index (Phi) is 2.58. The van der Waals surface area contributed by atoms with Crippen LogP contribution in [0.1, 0.15) is 38.2 Å². The van der Waals surface area contributed by atoms with Gasteiger partial charge in [0.25, 0.3) is 0 Å². The van der Waals surface area contributed by atoms with Crippen LogP contribution in [0.5, 0.6) is 0 Å². The summed E-state index contributed by atoms with van der Waals surface area (Å²) in [5.74, 6) is 2.60. The zero-order valence-electron chi connectivity index (χ0n) is 8.29. The molecule has 0 aromatic heterocycles. The average Bonchev–Trinajstić information content (AvgIpc) is 2.20. The van der Waals surface area contributed by atoms with Gasteiger partial charge < -0.3 is 0 Å². The highest BCUT2D eigenvalue weighted by molar-refractivity contribution is 5.30. The molecule has 0 unspecified atom stereocenters. The van der Waals surface area contributed by atoms with Crippen molar-refractivity contribution >= 4 is 0 Å². The lowest BCUT2D eigenvalue weighted by Crippen LogP contribution is -2.11. The van der Waals surface area contributed by atoms with Crippen LogP contribution >= 0.6 is 0 Å². The normalized spacial score (nSPS) is 19.0. The Morgan fingerprint density at radius 2 is 1.69 bits per heavy atom. The Morgan fingerprint density at radius 1 is 1.08 bits per heavy atom. The molecule has 0 heterocycles. The monoisotopic (exact) mass is 173 g/mol. The summed E-state index contributed by atoms with van der Waals surface area (Å²) >= 11 is 0. The molecule has 0 aliphatic heterocycles. The van der Waals surface area contributed by atoms with Gasteiger partial charge in [0.05, 0.1) is 0 Å². The van der Waals surface area contributed by atoms with Gasteiger partial charge in [-0.3, -0.25) is 0 Å². The lowest BCUT2D eigenvalue weighted by molar-refractivity contribution is 0.416. The minimum atomic E-state index is 0.937. The van der Waals surface area contributed by atoms with E-state index in [4.69, 9.17) is 0 Å². The standard InChI is InChI=1S/C13H17/c1-11-7-9-13(10-8-11)12-5-3-2-4-6-12/h2-6,11H,7-10H2,1H3/q+1. The predicted octanol–water partition coefficient (Wildman–Crippen LogP) is 3.82. The molecular formula is C13H17+. The summed E-state index contributed by atoms with van der Waals surface area (Å²) in [5.41, 5.74) is 1.47. The fourth-order valence-electron chi connectivity index (χ4n) is 2.07. The molecule has 1 fully saturated rings. The first-order valence-electron chi connectivity index (χ1n) is 5.26. The van der Waals surface area contributed by atoms with Crippen molar-refractivity contribution in [3.63, 3.8) is 0 Å². The molecule has 1 aromatic carbocycles. The molecule has 0 amide bonds. The molecule has 0 heteroatoms. The smallest absolute Gasteiger partial charge is 0.0624 e. The zero-order chi connectivity index (χ0) is 9.10. The maximum atomic E-state index is 2.36. The van der Waals surface area contributed by atoms with Gasteiger partial charge in [-0.1, -0.05) is 6.92 Å². The second kappa shape index (κ2) is 3.87. The SMILES string of the molecule is CC1CC[C+](c2ccccc2)CC1. The molecule has 68 valence electrons. The summed E-state index contributed by atoms with van der Waals surface area (Å²) in [5, 5.41) is 0. The van der Waals surface area contributed by atoms with Gasteiger partial charge >= 0.3 is 0 Å². The van der Waals surface area contributed by atoms with Crippen molar-refractivity contribution in [3.05, 3.63) is 41.8 Å². The van der Waals surface area contributed by atoms with Crippen LogP contribution in [0.2, 0.25) is 0 Å². The minimum Gasteiger partial charge on any atom is -0.0624 e. The van der Waals surface area contributed by atoms with E-state index in [0.717, 1.165) is 5.92 Å². The zero-order valence-corrected chi connectivity index (χ0v) is 8.29. The number of hydrogen-bond acceptors (Lipinski definition) is 0. The van der Waals surface area contributed by atoms with E-state index in [0.29, 0.717) is 0 Å². The summed E-state index contributed by atoms with van der Waals surface area (Å²) < 4.78 is 0. The van der Waals surface area contributed by atoms with Crippen molar-refractivity contribution in [1.29, 1.82) is 0 Å². The van der Waals surface area contributed by atoms with Gasteiger partial charge in [0.15, 0.2) is 0 Å². The first kappa shape index (κ1) is 8.68. The van der Waals surface area contributed by atoms with Crippen LogP contribution < -0.4 is 0 Å². The Morgan fingerprint density at radius 3 is 2.31 bits per heavy atom. The molecular weight excluding hydrogens is 156 g/mol. The van der Waals surface area contributed by atoms with Crippen LogP contribution in [0.25, 0.3) is 0 Å². The number of benzene rings is 1. The third-order valence-electron chi connectivity index (χ3n) is 3.06. The summed E-state index contributed by atoms with van der Waals surface area (Å²) in [4.78, 5) is 0. The van der Waals surface area contributed by atoms with Gasteiger partial charge in [-0.2, -0.15) is 0 Å². The molecule has 0 spiro atoms. The molecule has 0 atom stereocenters. The Balaban J connectivity index is 2.03. The fraction of sp³-hybridized carbons (Fsp3) is 0.462. The Bertz CT molecular complexity index is 242. The molecule has 1 aromatic rings. The van der Waals surface area contributed by atoms with Crippen molar-refractivity contribution in [2.45, 2.75) is 32.6 Å². The fourth-order valence-corrected chi connectivity index (χ4v) is 2.07. The van der Waals surface area contributed by atoms with E-state index < -0.39 is 0 Å². The van der Waals surface area contributed by atoms with Crippen molar-refractivity contribution < 1.29 is 0 Å². The van der Waals surface area contributed by atoms with Gasteiger partial charge in [0.2, 0.25) is 0 Å². The van der Waals surface area contributed by atoms with E-state index in [9.17, 15) is 0 Å². The van der Waals surface area contributed by atoms with E-state index in [1.165, 1.54) is 31.2 Å². The van der Waals surface area contributed by atoms with Crippen LogP contribution in [0, 0.1) is 11.8 Å². The molecule has 0 bridgehead atoms. The van der Waals surface area contributed by atoms with Crippen LogP contribution in [-0.2, 0) is 0 Å². The van der Waals surface area contributed by atoms with Crippen molar-refractivity contribution in [3.8, 4) is 0 Å². The van der Waals surface area contributed by atoms with Crippen LogP contribution in [-0.4, -0.2) is 0 Å². The number of rotatable bonds is 1. The highest BCUT2D eigenvalue weighted by Gasteiger charge is 2.24. The second-order valence-corrected chi connectivity index (χ2v) is 4.15. The van der Waals surface area contributed by atoms with E-state index in [1.807, 2.05) is 0 Å². The summed E-state index contributed by atoms with van der Waals surface area (Å²) in [7, 11) is 0. The summed E-state index contributed by atoms with van der Waals surface area (Å²) in [6.07, 6.45) is 5.38. The van der Waals surface area contributed by atoms with E-state index in [1.54, 1.807) is 5.92 Å². The lowest BCUT2D eigenvalue weighted by Gasteiger charge is -2.21. The first-order chi connectivity index (χ1) is 6.36. The minimum absolute atomic E-state index is 0.937. The molecule has 0 radical (unpaired) electrons. The Labute approximate surface area is 81.0 Å².